The molecule has 2 heterocycles. The third-order valence-electron chi connectivity index (χ3n) is 6.53. The molecule has 0 fully saturated rings. The topological polar surface area (TPSA) is 14.2 Å². The van der Waals surface area contributed by atoms with Crippen LogP contribution in [0.1, 0.15) is 11.1 Å². The van der Waals surface area contributed by atoms with Gasteiger partial charge >= 0.3 is 0 Å². The number of anilines is 4. The summed E-state index contributed by atoms with van der Waals surface area (Å²) in [4.78, 5) is 4.40. The Hall–Kier alpha value is -3.48. The molecule has 0 radical (unpaired) electrons. The number of hydrogen-bond acceptors (Lipinski definition) is 2. The Labute approximate surface area is 247 Å². The first-order valence-electron chi connectivity index (χ1n) is 12.3. The Balaban J connectivity index is 0.00000200. The van der Waals surface area contributed by atoms with Crippen molar-refractivity contribution in [3.8, 4) is 0 Å². The highest BCUT2D eigenvalue weighted by atomic mass is 79.9. The first kappa shape index (κ1) is 29.1. The van der Waals surface area contributed by atoms with Gasteiger partial charge in [-0.3, -0.25) is 0 Å². The highest BCUT2D eigenvalue weighted by Gasteiger charge is 2.10. The lowest BCUT2D eigenvalue weighted by Crippen LogP contribution is -3.00. The molecule has 0 saturated heterocycles. The number of benzene rings is 3. The third-order valence-corrected chi connectivity index (χ3v) is 6.53. The summed E-state index contributed by atoms with van der Waals surface area (Å²) < 4.78 is 4.45. The largest absolute Gasteiger partial charge is 1.00 e. The van der Waals surface area contributed by atoms with Crippen LogP contribution in [0.4, 0.5) is 22.7 Å². The molecule has 0 N–H and O–H groups in total. The Morgan fingerprint density at radius 3 is 1.16 bits per heavy atom. The zero-order chi connectivity index (χ0) is 24.7. The molecule has 194 valence electrons. The monoisotopic (exact) mass is 630 g/mol. The van der Waals surface area contributed by atoms with Crippen LogP contribution in [0.2, 0.25) is 0 Å². The Bertz CT molecular complexity index is 1290. The van der Waals surface area contributed by atoms with Crippen LogP contribution in [0, 0.1) is 0 Å². The molecule has 4 nitrogen and oxygen atoms in total. The Morgan fingerprint density at radius 1 is 0.447 bits per heavy atom. The molecule has 38 heavy (non-hydrogen) atoms. The number of para-hydroxylation sites is 2. The van der Waals surface area contributed by atoms with Gasteiger partial charge < -0.3 is 43.8 Å². The van der Waals surface area contributed by atoms with E-state index in [2.05, 4.69) is 155 Å². The summed E-state index contributed by atoms with van der Waals surface area (Å²) in [5.41, 5.74) is 7.29. The third kappa shape index (κ3) is 7.30. The standard InChI is InChI=1S/C32H32N4.2BrH/c1-33(29-12-5-3-6-13-29)31-16-20-35(21-17-31)25-27-10-9-11-28(24-27)26-36-22-18-32(19-23-36)34(2)30-14-7-4-8-15-30;;/h3-24H,25-26H2,1-2H3;2*1H/q+2;;/p-2. The fourth-order valence-corrected chi connectivity index (χ4v) is 4.41. The molecule has 0 aliphatic rings. The molecule has 0 saturated carbocycles. The average molecular weight is 632 g/mol. The quantitative estimate of drug-likeness (QED) is 0.222. The molecule has 3 aromatic carbocycles. The highest BCUT2D eigenvalue weighted by molar-refractivity contribution is 5.62. The zero-order valence-corrected chi connectivity index (χ0v) is 24.8. The summed E-state index contributed by atoms with van der Waals surface area (Å²) >= 11 is 0. The Kier molecular flexibility index (Phi) is 10.6. The van der Waals surface area contributed by atoms with Crippen LogP contribution in [0.3, 0.4) is 0 Å². The van der Waals surface area contributed by atoms with Crippen molar-refractivity contribution < 1.29 is 43.1 Å². The first-order chi connectivity index (χ1) is 17.7. The van der Waals surface area contributed by atoms with Gasteiger partial charge in [0.2, 0.25) is 0 Å². The van der Waals surface area contributed by atoms with Crippen molar-refractivity contribution in [3.05, 3.63) is 145 Å². The summed E-state index contributed by atoms with van der Waals surface area (Å²) in [6.07, 6.45) is 8.60. The van der Waals surface area contributed by atoms with E-state index in [1.54, 1.807) is 0 Å². The zero-order valence-electron chi connectivity index (χ0n) is 21.7. The van der Waals surface area contributed by atoms with Crippen molar-refractivity contribution in [2.75, 3.05) is 23.9 Å². The summed E-state index contributed by atoms with van der Waals surface area (Å²) in [5.74, 6) is 0. The van der Waals surface area contributed by atoms with E-state index in [1.165, 1.54) is 33.9 Å². The average Bonchev–Trinajstić information content (AvgIpc) is 2.94. The molecule has 0 aliphatic carbocycles. The van der Waals surface area contributed by atoms with Gasteiger partial charge in [-0.1, -0.05) is 54.6 Å². The summed E-state index contributed by atoms with van der Waals surface area (Å²) in [6.45, 7) is 1.68. The second-order valence-corrected chi connectivity index (χ2v) is 9.07. The number of halogens is 2. The smallest absolute Gasteiger partial charge is 0.173 e. The van der Waals surface area contributed by atoms with E-state index in [4.69, 9.17) is 0 Å². The summed E-state index contributed by atoms with van der Waals surface area (Å²) in [5, 5.41) is 0. The molecule has 6 heteroatoms. The minimum atomic E-state index is 0. The second-order valence-electron chi connectivity index (χ2n) is 9.07. The van der Waals surface area contributed by atoms with Gasteiger partial charge in [-0.05, 0) is 30.3 Å². The molecule has 0 bridgehead atoms. The van der Waals surface area contributed by atoms with E-state index < -0.39 is 0 Å². The maximum absolute atomic E-state index is 2.30. The van der Waals surface area contributed by atoms with Crippen LogP contribution in [0.25, 0.3) is 0 Å². The van der Waals surface area contributed by atoms with Crippen molar-refractivity contribution in [3.63, 3.8) is 0 Å². The van der Waals surface area contributed by atoms with Gasteiger partial charge in [0.1, 0.15) is 0 Å². The maximum atomic E-state index is 2.30. The van der Waals surface area contributed by atoms with Crippen molar-refractivity contribution in [2.24, 2.45) is 0 Å². The van der Waals surface area contributed by atoms with Gasteiger partial charge in [0.05, 0.1) is 11.4 Å². The predicted octanol–water partition coefficient (Wildman–Crippen LogP) is -0.0980. The van der Waals surface area contributed by atoms with Crippen molar-refractivity contribution in [1.82, 2.24) is 0 Å². The van der Waals surface area contributed by atoms with Crippen LogP contribution >= 0.6 is 0 Å². The Morgan fingerprint density at radius 2 is 0.789 bits per heavy atom. The van der Waals surface area contributed by atoms with Crippen molar-refractivity contribution >= 4 is 22.7 Å². The molecule has 0 unspecified atom stereocenters. The van der Waals surface area contributed by atoms with Crippen LogP contribution in [0.15, 0.2) is 134 Å². The number of hydrogen-bond donors (Lipinski definition) is 0. The highest BCUT2D eigenvalue weighted by Crippen LogP contribution is 2.22. The fourth-order valence-electron chi connectivity index (χ4n) is 4.41. The predicted molar refractivity (Wildman–Crippen MR) is 147 cm³/mol. The lowest BCUT2D eigenvalue weighted by molar-refractivity contribution is -0.689. The number of aromatic nitrogens is 2. The molecular formula is C32H32Br2N4. The molecule has 0 atom stereocenters. The minimum Gasteiger partial charge on any atom is -1.00 e. The molecule has 0 amide bonds. The van der Waals surface area contributed by atoms with E-state index in [0.29, 0.717) is 0 Å². The second kappa shape index (κ2) is 13.9. The lowest BCUT2D eigenvalue weighted by atomic mass is 10.1. The van der Waals surface area contributed by atoms with Crippen LogP contribution < -0.4 is 52.9 Å². The summed E-state index contributed by atoms with van der Waals surface area (Å²) in [6, 6.07) is 38.4. The normalized spacial score (nSPS) is 10.2. The summed E-state index contributed by atoms with van der Waals surface area (Å²) in [7, 11) is 4.20. The fraction of sp³-hybridized carbons (Fsp3) is 0.125. The van der Waals surface area contributed by atoms with Gasteiger partial charge in [-0.2, -0.15) is 0 Å². The number of pyridine rings is 2. The lowest BCUT2D eigenvalue weighted by Gasteiger charge is -2.18. The molecular weight excluding hydrogens is 600 g/mol. The van der Waals surface area contributed by atoms with E-state index in [-0.39, 0.29) is 34.0 Å². The number of rotatable bonds is 8. The molecule has 5 aromatic rings. The van der Waals surface area contributed by atoms with E-state index in [1.807, 2.05) is 12.1 Å². The van der Waals surface area contributed by atoms with Crippen molar-refractivity contribution in [1.29, 1.82) is 0 Å². The minimum absolute atomic E-state index is 0. The van der Waals surface area contributed by atoms with Gasteiger partial charge in [0.25, 0.3) is 0 Å². The molecule has 5 rings (SSSR count). The first-order valence-corrected chi connectivity index (χ1v) is 12.3. The van der Waals surface area contributed by atoms with Gasteiger partial charge in [0, 0.05) is 60.9 Å². The van der Waals surface area contributed by atoms with Gasteiger partial charge in [-0.25, -0.2) is 9.13 Å². The van der Waals surface area contributed by atoms with Crippen LogP contribution in [-0.2, 0) is 13.1 Å². The van der Waals surface area contributed by atoms with Gasteiger partial charge in [-0.15, -0.1) is 0 Å². The molecule has 0 spiro atoms. The number of nitrogens with zero attached hydrogens (tertiary/aromatic N) is 4. The molecule has 2 aromatic heterocycles. The van der Waals surface area contributed by atoms with Gasteiger partial charge in [0.15, 0.2) is 37.9 Å². The van der Waals surface area contributed by atoms with E-state index >= 15 is 0 Å². The van der Waals surface area contributed by atoms with Crippen molar-refractivity contribution in [2.45, 2.75) is 13.1 Å². The van der Waals surface area contributed by atoms with Crippen LogP contribution in [0.5, 0.6) is 0 Å². The molecule has 0 aliphatic heterocycles. The maximum Gasteiger partial charge on any atom is 0.173 e. The van der Waals surface area contributed by atoms with E-state index in [0.717, 1.165) is 13.1 Å². The van der Waals surface area contributed by atoms with E-state index in [9.17, 15) is 0 Å². The van der Waals surface area contributed by atoms with Crippen LogP contribution in [-0.4, -0.2) is 14.1 Å². The SMILES string of the molecule is CN(c1ccccc1)c1cc[n+](Cc2cccc(C[n+]3ccc(N(C)c4ccccc4)cc3)c2)cc1.[Br-].[Br-].